The van der Waals surface area contributed by atoms with Crippen molar-refractivity contribution in [2.24, 2.45) is 0 Å². The summed E-state index contributed by atoms with van der Waals surface area (Å²) in [6, 6.07) is 6.04. The van der Waals surface area contributed by atoms with Crippen LogP contribution >= 0.6 is 0 Å². The van der Waals surface area contributed by atoms with E-state index >= 15 is 0 Å². The third-order valence-corrected chi connectivity index (χ3v) is 2.59. The second kappa shape index (κ2) is 6.45. The number of fused-ring (bicyclic) bond motifs is 1. The predicted molar refractivity (Wildman–Crippen MR) is 72.2 cm³/mol. The Morgan fingerprint density at radius 1 is 1.18 bits per heavy atom. The second-order valence-electron chi connectivity index (χ2n) is 3.95. The molecule has 0 atom stereocenters. The Hall–Kier alpha value is -1.28. The van der Waals surface area contributed by atoms with E-state index in [9.17, 15) is 0 Å². The summed E-state index contributed by atoms with van der Waals surface area (Å²) in [5, 5.41) is 10.2. The first kappa shape index (κ1) is 13.8. The summed E-state index contributed by atoms with van der Waals surface area (Å²) in [4.78, 5) is 0. The molecule has 0 fully saturated rings. The fraction of sp³-hybridized carbons (Fsp3) is 0.467. The molecule has 2 heteroatoms. The van der Waals surface area contributed by atoms with Crippen molar-refractivity contribution in [3.63, 3.8) is 0 Å². The van der Waals surface area contributed by atoms with Gasteiger partial charge in [-0.05, 0) is 36.6 Å². The van der Waals surface area contributed by atoms with Gasteiger partial charge in [0.25, 0.3) is 0 Å². The molecular formula is C15H22O2. The van der Waals surface area contributed by atoms with Crippen molar-refractivity contribution in [3.05, 3.63) is 35.1 Å². The number of benzene rings is 1. The fourth-order valence-electron chi connectivity index (χ4n) is 1.92. The van der Waals surface area contributed by atoms with Crippen molar-refractivity contribution in [1.29, 1.82) is 0 Å². The van der Waals surface area contributed by atoms with E-state index in [4.69, 9.17) is 9.52 Å². The zero-order valence-electron chi connectivity index (χ0n) is 11.2. The first-order valence-corrected chi connectivity index (χ1v) is 6.37. The second-order valence-corrected chi connectivity index (χ2v) is 3.95. The van der Waals surface area contributed by atoms with Crippen molar-refractivity contribution in [1.82, 2.24) is 0 Å². The Bertz CT molecular complexity index is 469. The number of rotatable bonds is 3. The minimum Gasteiger partial charge on any atom is -0.461 e. The molecule has 1 heterocycles. The van der Waals surface area contributed by atoms with Gasteiger partial charge in [0.15, 0.2) is 0 Å². The smallest absolute Gasteiger partial charge is 0.137 e. The van der Waals surface area contributed by atoms with E-state index in [0.717, 1.165) is 40.7 Å². The SMILES string of the molecule is CC.CCCc1cc2cc(CO)cc(C)c2o1. The number of hydrogen-bond acceptors (Lipinski definition) is 2. The van der Waals surface area contributed by atoms with Gasteiger partial charge in [0, 0.05) is 11.8 Å². The number of aliphatic hydroxyl groups excluding tert-OH is 1. The van der Waals surface area contributed by atoms with E-state index in [1.165, 1.54) is 0 Å². The normalized spacial score (nSPS) is 10.2. The molecule has 0 amide bonds. The highest BCUT2D eigenvalue weighted by Gasteiger charge is 2.07. The quantitative estimate of drug-likeness (QED) is 0.863. The molecule has 94 valence electrons. The van der Waals surface area contributed by atoms with Crippen LogP contribution in [0.5, 0.6) is 0 Å². The van der Waals surface area contributed by atoms with Gasteiger partial charge >= 0.3 is 0 Å². The van der Waals surface area contributed by atoms with Gasteiger partial charge in [-0.25, -0.2) is 0 Å². The minimum absolute atomic E-state index is 0.0884. The summed E-state index contributed by atoms with van der Waals surface area (Å²) in [7, 11) is 0. The van der Waals surface area contributed by atoms with Crippen LogP contribution in [0, 0.1) is 6.92 Å². The molecule has 0 aliphatic carbocycles. The summed E-state index contributed by atoms with van der Waals surface area (Å²) in [6.07, 6.45) is 2.06. The van der Waals surface area contributed by atoms with Crippen LogP contribution in [0.3, 0.4) is 0 Å². The molecule has 0 saturated heterocycles. The lowest BCUT2D eigenvalue weighted by Gasteiger charge is -1.99. The lowest BCUT2D eigenvalue weighted by atomic mass is 10.1. The lowest BCUT2D eigenvalue weighted by Crippen LogP contribution is -1.84. The summed E-state index contributed by atoms with van der Waals surface area (Å²) in [5.41, 5.74) is 3.00. The van der Waals surface area contributed by atoms with Crippen molar-refractivity contribution in [2.75, 3.05) is 0 Å². The molecule has 17 heavy (non-hydrogen) atoms. The highest BCUT2D eigenvalue weighted by atomic mass is 16.3. The molecule has 2 rings (SSSR count). The molecule has 1 aromatic heterocycles. The van der Waals surface area contributed by atoms with Crippen LogP contribution in [-0.2, 0) is 13.0 Å². The Balaban J connectivity index is 0.000000686. The molecular weight excluding hydrogens is 212 g/mol. The van der Waals surface area contributed by atoms with Gasteiger partial charge in [-0.15, -0.1) is 0 Å². The van der Waals surface area contributed by atoms with E-state index in [1.54, 1.807) is 0 Å². The van der Waals surface area contributed by atoms with Crippen LogP contribution < -0.4 is 0 Å². The van der Waals surface area contributed by atoms with E-state index < -0.39 is 0 Å². The molecule has 0 unspecified atom stereocenters. The van der Waals surface area contributed by atoms with Gasteiger partial charge in [0.2, 0.25) is 0 Å². The Morgan fingerprint density at radius 2 is 1.88 bits per heavy atom. The summed E-state index contributed by atoms with van der Waals surface area (Å²) in [5.74, 6) is 1.03. The van der Waals surface area contributed by atoms with Crippen LogP contribution in [-0.4, -0.2) is 5.11 Å². The molecule has 0 radical (unpaired) electrons. The summed E-state index contributed by atoms with van der Waals surface area (Å²) < 4.78 is 5.76. The van der Waals surface area contributed by atoms with Gasteiger partial charge < -0.3 is 9.52 Å². The predicted octanol–water partition coefficient (Wildman–Crippen LogP) is 4.21. The van der Waals surface area contributed by atoms with Crippen LogP contribution in [0.4, 0.5) is 0 Å². The molecule has 0 spiro atoms. The number of aliphatic hydroxyl groups is 1. The Kier molecular flexibility index (Phi) is 5.23. The maximum Gasteiger partial charge on any atom is 0.137 e. The number of aryl methyl sites for hydroxylation is 2. The minimum atomic E-state index is 0.0884. The third-order valence-electron chi connectivity index (χ3n) is 2.59. The average molecular weight is 234 g/mol. The molecule has 0 bridgehead atoms. The van der Waals surface area contributed by atoms with Gasteiger partial charge in [0.1, 0.15) is 11.3 Å². The lowest BCUT2D eigenvalue weighted by molar-refractivity contribution is 0.282. The number of hydrogen-bond donors (Lipinski definition) is 1. The van der Waals surface area contributed by atoms with Crippen molar-refractivity contribution in [3.8, 4) is 0 Å². The van der Waals surface area contributed by atoms with Gasteiger partial charge in [-0.1, -0.05) is 26.8 Å². The molecule has 0 aliphatic heterocycles. The van der Waals surface area contributed by atoms with E-state index in [1.807, 2.05) is 32.9 Å². The van der Waals surface area contributed by atoms with E-state index in [0.29, 0.717) is 0 Å². The van der Waals surface area contributed by atoms with E-state index in [-0.39, 0.29) is 6.61 Å². The third kappa shape index (κ3) is 3.10. The molecule has 0 aliphatic rings. The average Bonchev–Trinajstić information content (AvgIpc) is 2.75. The fourth-order valence-corrected chi connectivity index (χ4v) is 1.92. The van der Waals surface area contributed by atoms with Gasteiger partial charge in [-0.3, -0.25) is 0 Å². The number of furan rings is 1. The van der Waals surface area contributed by atoms with Gasteiger partial charge in [-0.2, -0.15) is 0 Å². The Labute approximate surface area is 103 Å². The van der Waals surface area contributed by atoms with Crippen molar-refractivity contribution >= 4 is 11.0 Å². The zero-order chi connectivity index (χ0) is 12.8. The molecule has 2 aromatic rings. The first-order chi connectivity index (χ1) is 8.24. The summed E-state index contributed by atoms with van der Waals surface area (Å²) in [6.45, 7) is 8.24. The van der Waals surface area contributed by atoms with Crippen LogP contribution in [0.15, 0.2) is 22.6 Å². The Morgan fingerprint density at radius 3 is 2.47 bits per heavy atom. The highest BCUT2D eigenvalue weighted by molar-refractivity contribution is 5.81. The molecule has 2 nitrogen and oxygen atoms in total. The van der Waals surface area contributed by atoms with Gasteiger partial charge in [0.05, 0.1) is 6.61 Å². The molecule has 1 aromatic carbocycles. The van der Waals surface area contributed by atoms with Crippen LogP contribution in [0.1, 0.15) is 44.1 Å². The van der Waals surface area contributed by atoms with E-state index in [2.05, 4.69) is 13.0 Å². The zero-order valence-corrected chi connectivity index (χ0v) is 11.2. The largest absolute Gasteiger partial charge is 0.461 e. The first-order valence-electron chi connectivity index (χ1n) is 6.37. The highest BCUT2D eigenvalue weighted by Crippen LogP contribution is 2.25. The summed E-state index contributed by atoms with van der Waals surface area (Å²) >= 11 is 0. The molecule has 0 saturated carbocycles. The maximum atomic E-state index is 9.10. The monoisotopic (exact) mass is 234 g/mol. The van der Waals surface area contributed by atoms with Crippen molar-refractivity contribution in [2.45, 2.75) is 47.1 Å². The maximum absolute atomic E-state index is 9.10. The van der Waals surface area contributed by atoms with Crippen LogP contribution in [0.2, 0.25) is 0 Å². The van der Waals surface area contributed by atoms with Crippen molar-refractivity contribution < 1.29 is 9.52 Å². The van der Waals surface area contributed by atoms with Crippen LogP contribution in [0.25, 0.3) is 11.0 Å². The topological polar surface area (TPSA) is 33.4 Å². The standard InChI is InChI=1S/C13H16O2.C2H6/c1-3-4-12-7-11-6-10(8-14)5-9(2)13(11)15-12;1-2/h5-7,14H,3-4,8H2,1-2H3;1-2H3. The molecule has 1 N–H and O–H groups in total.